The largest absolute Gasteiger partial charge is 0.465 e. The number of piperazine rings is 1. The number of carbonyl (C=O) groups is 3. The monoisotopic (exact) mass is 352 g/mol. The topological polar surface area (TPSA) is 106 Å². The Bertz CT molecular complexity index is 655. The summed E-state index contributed by atoms with van der Waals surface area (Å²) in [6.45, 7) is 8.98. The van der Waals surface area contributed by atoms with Crippen LogP contribution in [0.4, 0.5) is 0 Å². The third-order valence-electron chi connectivity index (χ3n) is 4.17. The van der Waals surface area contributed by atoms with Crippen LogP contribution in [-0.4, -0.2) is 70.5 Å². The lowest BCUT2D eigenvalue weighted by molar-refractivity contribution is -0.155. The van der Waals surface area contributed by atoms with Crippen LogP contribution in [0.5, 0.6) is 0 Å². The first-order chi connectivity index (χ1) is 11.8. The van der Waals surface area contributed by atoms with Gasteiger partial charge in [0.2, 0.25) is 5.89 Å². The molecule has 2 rings (SSSR count). The highest BCUT2D eigenvalue weighted by atomic mass is 16.5. The molecule has 1 aromatic heterocycles. The van der Waals surface area contributed by atoms with Crippen LogP contribution in [-0.2, 0) is 31.0 Å². The van der Waals surface area contributed by atoms with E-state index in [1.54, 1.807) is 20.8 Å². The molecule has 9 heteroatoms. The first kappa shape index (κ1) is 18.9. The summed E-state index contributed by atoms with van der Waals surface area (Å²) >= 11 is 0. The summed E-state index contributed by atoms with van der Waals surface area (Å²) < 4.78 is 10.2. The quantitative estimate of drug-likeness (QED) is 0.508. The number of hydrogen-bond donors (Lipinski definition) is 0. The molecule has 0 N–H and O–H groups in total. The smallest absolute Gasteiger partial charge is 0.321 e. The Morgan fingerprint density at radius 3 is 2.48 bits per heavy atom. The first-order valence-corrected chi connectivity index (χ1v) is 8.39. The van der Waals surface area contributed by atoms with Crippen molar-refractivity contribution in [3.05, 3.63) is 11.7 Å². The lowest BCUT2D eigenvalue weighted by Crippen LogP contribution is -2.54. The molecule has 2 heterocycles. The van der Waals surface area contributed by atoms with Crippen molar-refractivity contribution in [2.45, 2.75) is 39.5 Å². The van der Waals surface area contributed by atoms with Crippen molar-refractivity contribution in [3.63, 3.8) is 0 Å². The van der Waals surface area contributed by atoms with Gasteiger partial charge in [-0.05, 0) is 27.7 Å². The molecule has 0 spiro atoms. The Morgan fingerprint density at radius 1 is 1.20 bits per heavy atom. The molecule has 0 aliphatic carbocycles. The summed E-state index contributed by atoms with van der Waals surface area (Å²) in [4.78, 5) is 43.1. The van der Waals surface area contributed by atoms with Crippen molar-refractivity contribution in [2.75, 3.05) is 32.8 Å². The zero-order chi connectivity index (χ0) is 18.6. The molecule has 1 aromatic rings. The number of nitrogens with zero attached hydrogens (tertiary/aromatic N) is 4. The van der Waals surface area contributed by atoms with Crippen LogP contribution >= 0.6 is 0 Å². The number of likely N-dealkylation sites (N-methyl/N-ethyl adjacent to an activating group) is 1. The molecule has 138 valence electrons. The predicted molar refractivity (Wildman–Crippen MR) is 86.5 cm³/mol. The van der Waals surface area contributed by atoms with Gasteiger partial charge < -0.3 is 19.1 Å². The van der Waals surface area contributed by atoms with E-state index in [0.717, 1.165) is 0 Å². The maximum absolute atomic E-state index is 12.1. The van der Waals surface area contributed by atoms with Crippen LogP contribution in [0.1, 0.15) is 39.4 Å². The van der Waals surface area contributed by atoms with E-state index in [2.05, 4.69) is 10.1 Å². The Hall–Kier alpha value is -2.45. The standard InChI is InChI=1S/C16H24N4O5/c1-5-19-9-10-20(13(22)12(19)21)8-7-11-17-14(25-18-11)16(3,4)15(23)24-6-2/h5-10H2,1-4H3. The summed E-state index contributed by atoms with van der Waals surface area (Å²) in [6.07, 6.45) is 0.341. The summed E-state index contributed by atoms with van der Waals surface area (Å²) in [5.41, 5.74) is -1.04. The van der Waals surface area contributed by atoms with Gasteiger partial charge in [0.05, 0.1) is 6.61 Å². The number of amides is 2. The fourth-order valence-corrected chi connectivity index (χ4v) is 2.47. The van der Waals surface area contributed by atoms with E-state index >= 15 is 0 Å². The van der Waals surface area contributed by atoms with E-state index in [1.165, 1.54) is 9.80 Å². The Labute approximate surface area is 146 Å². The zero-order valence-electron chi connectivity index (χ0n) is 15.1. The third kappa shape index (κ3) is 3.97. The summed E-state index contributed by atoms with van der Waals surface area (Å²) in [7, 11) is 0. The second kappa shape index (κ2) is 7.62. The molecule has 0 atom stereocenters. The van der Waals surface area contributed by atoms with Crippen LogP contribution < -0.4 is 0 Å². The number of hydrogen-bond acceptors (Lipinski definition) is 7. The first-order valence-electron chi connectivity index (χ1n) is 8.39. The van der Waals surface area contributed by atoms with Crippen LogP contribution in [0.2, 0.25) is 0 Å². The molecule has 1 saturated heterocycles. The fraction of sp³-hybridized carbons (Fsp3) is 0.688. The van der Waals surface area contributed by atoms with E-state index in [0.29, 0.717) is 38.4 Å². The molecule has 1 aliphatic rings. The lowest BCUT2D eigenvalue weighted by atomic mass is 9.94. The van der Waals surface area contributed by atoms with Gasteiger partial charge in [0, 0.05) is 32.6 Å². The van der Waals surface area contributed by atoms with Crippen LogP contribution in [0.25, 0.3) is 0 Å². The zero-order valence-corrected chi connectivity index (χ0v) is 15.1. The number of carbonyl (C=O) groups excluding carboxylic acids is 3. The summed E-state index contributed by atoms with van der Waals surface area (Å²) in [5.74, 6) is -0.888. The van der Waals surface area contributed by atoms with Gasteiger partial charge in [-0.3, -0.25) is 14.4 Å². The Morgan fingerprint density at radius 2 is 1.84 bits per heavy atom. The number of esters is 1. The van der Waals surface area contributed by atoms with Gasteiger partial charge in [-0.2, -0.15) is 4.98 Å². The molecule has 25 heavy (non-hydrogen) atoms. The minimum absolute atomic E-state index is 0.166. The molecule has 1 aliphatic heterocycles. The average molecular weight is 352 g/mol. The number of ether oxygens (including phenoxy) is 1. The molecule has 2 amide bonds. The number of aromatic nitrogens is 2. The van der Waals surface area contributed by atoms with E-state index in [-0.39, 0.29) is 12.5 Å². The van der Waals surface area contributed by atoms with Crippen molar-refractivity contribution in [1.82, 2.24) is 19.9 Å². The summed E-state index contributed by atoms with van der Waals surface area (Å²) in [6, 6.07) is 0. The normalized spacial score (nSPS) is 15.7. The molecule has 9 nitrogen and oxygen atoms in total. The summed E-state index contributed by atoms with van der Waals surface area (Å²) in [5, 5.41) is 3.86. The molecule has 0 unspecified atom stereocenters. The average Bonchev–Trinajstić information content (AvgIpc) is 3.06. The van der Waals surface area contributed by atoms with Gasteiger partial charge >= 0.3 is 17.8 Å². The highest BCUT2D eigenvalue weighted by molar-refractivity contribution is 6.35. The van der Waals surface area contributed by atoms with Gasteiger partial charge in [-0.25, -0.2) is 0 Å². The van der Waals surface area contributed by atoms with Crippen molar-refractivity contribution in [1.29, 1.82) is 0 Å². The number of rotatable bonds is 7. The van der Waals surface area contributed by atoms with E-state index in [9.17, 15) is 14.4 Å². The van der Waals surface area contributed by atoms with Gasteiger partial charge in [0.25, 0.3) is 0 Å². The Kier molecular flexibility index (Phi) is 5.76. The molecule has 1 fully saturated rings. The fourth-order valence-electron chi connectivity index (χ4n) is 2.47. The van der Waals surface area contributed by atoms with Crippen molar-refractivity contribution >= 4 is 17.8 Å². The third-order valence-corrected chi connectivity index (χ3v) is 4.17. The highest BCUT2D eigenvalue weighted by Gasteiger charge is 2.37. The molecular weight excluding hydrogens is 328 g/mol. The molecular formula is C16H24N4O5. The second-order valence-electron chi connectivity index (χ2n) is 6.29. The van der Waals surface area contributed by atoms with Crippen molar-refractivity contribution < 1.29 is 23.6 Å². The van der Waals surface area contributed by atoms with Crippen LogP contribution in [0.15, 0.2) is 4.52 Å². The maximum Gasteiger partial charge on any atom is 0.321 e. The van der Waals surface area contributed by atoms with E-state index in [4.69, 9.17) is 9.26 Å². The SMILES string of the molecule is CCOC(=O)C(C)(C)c1nc(CCN2CCN(CC)C(=O)C2=O)no1. The molecule has 0 bridgehead atoms. The maximum atomic E-state index is 12.1. The molecule has 0 saturated carbocycles. The highest BCUT2D eigenvalue weighted by Crippen LogP contribution is 2.23. The minimum Gasteiger partial charge on any atom is -0.465 e. The molecule has 0 radical (unpaired) electrons. The van der Waals surface area contributed by atoms with Gasteiger partial charge in [0.15, 0.2) is 5.82 Å². The minimum atomic E-state index is -1.04. The van der Waals surface area contributed by atoms with E-state index in [1.807, 2.05) is 6.92 Å². The van der Waals surface area contributed by atoms with Crippen LogP contribution in [0, 0.1) is 0 Å². The lowest BCUT2D eigenvalue weighted by Gasteiger charge is -2.32. The van der Waals surface area contributed by atoms with Crippen LogP contribution in [0.3, 0.4) is 0 Å². The van der Waals surface area contributed by atoms with Gasteiger partial charge in [-0.15, -0.1) is 0 Å². The van der Waals surface area contributed by atoms with Crippen molar-refractivity contribution in [3.8, 4) is 0 Å². The molecule has 0 aromatic carbocycles. The van der Waals surface area contributed by atoms with Gasteiger partial charge in [0.1, 0.15) is 5.41 Å². The van der Waals surface area contributed by atoms with Gasteiger partial charge in [-0.1, -0.05) is 5.16 Å². The predicted octanol–water partition coefficient (Wildman–Crippen LogP) is 0.144. The Balaban J connectivity index is 1.97. The van der Waals surface area contributed by atoms with Crippen molar-refractivity contribution in [2.24, 2.45) is 0 Å². The second-order valence-corrected chi connectivity index (χ2v) is 6.29. The van der Waals surface area contributed by atoms with E-state index < -0.39 is 23.2 Å².